The lowest BCUT2D eigenvalue weighted by molar-refractivity contribution is -0.210. The summed E-state index contributed by atoms with van der Waals surface area (Å²) < 4.78 is 12.2. The number of carboxylic acids is 1. The van der Waals surface area contributed by atoms with Crippen molar-refractivity contribution in [1.82, 2.24) is 0 Å². The molecule has 0 amide bonds. The first-order valence-electron chi connectivity index (χ1n) is 14.7. The van der Waals surface area contributed by atoms with Crippen LogP contribution in [0.5, 0.6) is 0 Å². The third kappa shape index (κ3) is 3.60. The number of carboxylic acid groups (broad SMARTS) is 1. The van der Waals surface area contributed by atoms with Crippen LogP contribution in [0.15, 0.2) is 23.8 Å². The van der Waals surface area contributed by atoms with Gasteiger partial charge in [-0.1, -0.05) is 39.0 Å². The molecule has 5 aliphatic rings. The fraction of sp³-hybridized carbons (Fsp3) is 0.781. The summed E-state index contributed by atoms with van der Waals surface area (Å²) in [5.74, 6) is -0.0551. The van der Waals surface area contributed by atoms with Gasteiger partial charge in [-0.15, -0.1) is 0 Å². The van der Waals surface area contributed by atoms with E-state index >= 15 is 0 Å². The van der Waals surface area contributed by atoms with Gasteiger partial charge in [-0.25, -0.2) is 4.79 Å². The molecule has 4 aliphatic carbocycles. The number of hydrogen-bond donors (Lipinski definition) is 1. The van der Waals surface area contributed by atoms with Crippen molar-refractivity contribution >= 4 is 17.9 Å². The molecule has 0 radical (unpaired) electrons. The molecule has 6 nitrogen and oxygen atoms in total. The van der Waals surface area contributed by atoms with E-state index in [4.69, 9.17) is 9.47 Å². The maximum Gasteiger partial charge on any atom is 0.333 e. The number of fused-ring (bicyclic) bond motifs is 2. The summed E-state index contributed by atoms with van der Waals surface area (Å²) in [6, 6.07) is 0. The third-order valence-corrected chi connectivity index (χ3v) is 12.7. The standard InChI is InChI=1S/C32H46O6/c1-18(2)22-9-11-25-29(6)14-12-23(20(4)24-10-8-19(3)28(36)38-24)30(29,7)26(37-21(5)33)16-32(25)17-31(22,32)15-13-27(34)35/h8,20,22-26H,1,9-17H2,2-7H3,(H,34,35). The summed E-state index contributed by atoms with van der Waals surface area (Å²) in [6.07, 6.45) is 9.17. The van der Waals surface area contributed by atoms with Gasteiger partial charge in [-0.2, -0.15) is 0 Å². The van der Waals surface area contributed by atoms with E-state index in [1.165, 1.54) is 6.92 Å². The van der Waals surface area contributed by atoms with E-state index in [9.17, 15) is 19.5 Å². The largest absolute Gasteiger partial charge is 0.481 e. The van der Waals surface area contributed by atoms with Crippen molar-refractivity contribution in [2.45, 2.75) is 112 Å². The van der Waals surface area contributed by atoms with Gasteiger partial charge >= 0.3 is 17.9 Å². The van der Waals surface area contributed by atoms with E-state index in [2.05, 4.69) is 34.3 Å². The predicted molar refractivity (Wildman–Crippen MR) is 144 cm³/mol. The summed E-state index contributed by atoms with van der Waals surface area (Å²) >= 11 is 0. The molecule has 0 aromatic rings. The Labute approximate surface area is 227 Å². The molecule has 4 fully saturated rings. The van der Waals surface area contributed by atoms with Crippen molar-refractivity contribution in [1.29, 1.82) is 0 Å². The number of allylic oxidation sites excluding steroid dienone is 1. The smallest absolute Gasteiger partial charge is 0.333 e. The molecule has 1 spiro atoms. The number of hydrogen-bond acceptors (Lipinski definition) is 5. The highest BCUT2D eigenvalue weighted by molar-refractivity contribution is 5.88. The van der Waals surface area contributed by atoms with E-state index in [0.717, 1.165) is 50.5 Å². The first-order chi connectivity index (χ1) is 17.7. The van der Waals surface area contributed by atoms with Crippen LogP contribution in [-0.2, 0) is 23.9 Å². The van der Waals surface area contributed by atoms with Gasteiger partial charge in [0, 0.05) is 30.8 Å². The van der Waals surface area contributed by atoms with Gasteiger partial charge in [0.15, 0.2) is 0 Å². The normalized spacial score (nSPS) is 46.0. The molecule has 6 heteroatoms. The Balaban J connectivity index is 1.54. The van der Waals surface area contributed by atoms with Crippen LogP contribution in [0, 0.1) is 45.3 Å². The highest BCUT2D eigenvalue weighted by atomic mass is 16.5. The minimum Gasteiger partial charge on any atom is -0.481 e. The Hall–Kier alpha value is -2.11. The molecular weight excluding hydrogens is 480 g/mol. The lowest BCUT2D eigenvalue weighted by Gasteiger charge is -2.63. The van der Waals surface area contributed by atoms with Crippen molar-refractivity contribution in [2.75, 3.05) is 0 Å². The van der Waals surface area contributed by atoms with Crippen LogP contribution >= 0.6 is 0 Å². The Morgan fingerprint density at radius 3 is 2.55 bits per heavy atom. The monoisotopic (exact) mass is 526 g/mol. The van der Waals surface area contributed by atoms with Crippen LogP contribution in [0.1, 0.15) is 99.3 Å². The molecule has 210 valence electrons. The van der Waals surface area contributed by atoms with Crippen molar-refractivity contribution < 1.29 is 29.0 Å². The van der Waals surface area contributed by atoms with Crippen LogP contribution in [0.2, 0.25) is 0 Å². The van der Waals surface area contributed by atoms with Crippen molar-refractivity contribution in [3.05, 3.63) is 23.8 Å². The summed E-state index contributed by atoms with van der Waals surface area (Å²) in [5.41, 5.74) is 1.43. The van der Waals surface area contributed by atoms with Gasteiger partial charge in [0.2, 0.25) is 0 Å². The lowest BCUT2D eigenvalue weighted by Crippen LogP contribution is -2.62. The zero-order chi connectivity index (χ0) is 27.8. The van der Waals surface area contributed by atoms with E-state index in [0.29, 0.717) is 23.8 Å². The second-order valence-corrected chi connectivity index (χ2v) is 14.0. The van der Waals surface area contributed by atoms with Gasteiger partial charge in [0.1, 0.15) is 12.2 Å². The first-order valence-corrected chi connectivity index (χ1v) is 14.7. The molecule has 1 N–H and O–H groups in total. The number of rotatable bonds is 7. The molecule has 10 unspecified atom stereocenters. The molecule has 0 aromatic carbocycles. The van der Waals surface area contributed by atoms with Gasteiger partial charge < -0.3 is 14.6 Å². The number of carbonyl (C=O) groups is 3. The quantitative estimate of drug-likeness (QED) is 0.301. The van der Waals surface area contributed by atoms with Crippen LogP contribution in [0.25, 0.3) is 0 Å². The fourth-order valence-corrected chi connectivity index (χ4v) is 10.8. The number of cyclic esters (lactones) is 1. The minimum atomic E-state index is -0.742. The second kappa shape index (κ2) is 8.96. The third-order valence-electron chi connectivity index (χ3n) is 12.7. The van der Waals surface area contributed by atoms with Crippen LogP contribution < -0.4 is 0 Å². The zero-order valence-electron chi connectivity index (χ0n) is 24.1. The summed E-state index contributed by atoms with van der Waals surface area (Å²) in [5, 5.41) is 9.63. The summed E-state index contributed by atoms with van der Waals surface area (Å²) in [4.78, 5) is 36.7. The Bertz CT molecular complexity index is 1090. The molecule has 1 aliphatic heterocycles. The maximum absolute atomic E-state index is 12.6. The van der Waals surface area contributed by atoms with Crippen LogP contribution in [0.3, 0.4) is 0 Å². The van der Waals surface area contributed by atoms with E-state index in [1.807, 2.05) is 13.0 Å². The molecule has 10 atom stereocenters. The fourth-order valence-electron chi connectivity index (χ4n) is 10.8. The predicted octanol–water partition coefficient (Wildman–Crippen LogP) is 6.49. The van der Waals surface area contributed by atoms with Crippen molar-refractivity contribution in [3.8, 4) is 0 Å². The molecule has 1 heterocycles. The summed E-state index contributed by atoms with van der Waals surface area (Å²) in [6.45, 7) is 16.8. The molecule has 4 saturated carbocycles. The number of aliphatic carboxylic acids is 1. The zero-order valence-corrected chi connectivity index (χ0v) is 24.1. The number of carbonyl (C=O) groups excluding carboxylic acids is 2. The van der Waals surface area contributed by atoms with E-state index in [-0.39, 0.29) is 64.1 Å². The van der Waals surface area contributed by atoms with Gasteiger partial charge in [0.25, 0.3) is 0 Å². The van der Waals surface area contributed by atoms with Crippen molar-refractivity contribution in [2.24, 2.45) is 45.3 Å². The topological polar surface area (TPSA) is 89.9 Å². The molecule has 5 rings (SSSR count). The van der Waals surface area contributed by atoms with Crippen LogP contribution in [-0.4, -0.2) is 35.2 Å². The number of esters is 2. The Morgan fingerprint density at radius 1 is 1.24 bits per heavy atom. The van der Waals surface area contributed by atoms with E-state index in [1.54, 1.807) is 0 Å². The van der Waals surface area contributed by atoms with Gasteiger partial charge in [-0.05, 0) is 98.7 Å². The van der Waals surface area contributed by atoms with Crippen LogP contribution in [0.4, 0.5) is 0 Å². The summed E-state index contributed by atoms with van der Waals surface area (Å²) in [7, 11) is 0. The number of ether oxygens (including phenoxy) is 2. The lowest BCUT2D eigenvalue weighted by atomic mass is 9.42. The molecular formula is C32H46O6. The maximum atomic E-state index is 12.6. The average molecular weight is 527 g/mol. The molecule has 0 aromatic heterocycles. The van der Waals surface area contributed by atoms with E-state index < -0.39 is 5.97 Å². The average Bonchev–Trinajstić information content (AvgIpc) is 3.41. The molecule has 0 saturated heterocycles. The SMILES string of the molecule is C=C(C)C1CCC2C3(C)CCC(C(C)C4CC=C(C)C(=O)O4)C3(C)C(OC(C)=O)CC23CC13CCC(=O)O. The Kier molecular flexibility index (Phi) is 6.47. The second-order valence-electron chi connectivity index (χ2n) is 14.0. The van der Waals surface area contributed by atoms with Crippen molar-refractivity contribution in [3.63, 3.8) is 0 Å². The minimum absolute atomic E-state index is 0.0199. The highest BCUT2D eigenvalue weighted by Crippen LogP contribution is 2.87. The first kappa shape index (κ1) is 27.5. The Morgan fingerprint density at radius 2 is 1.95 bits per heavy atom. The molecule has 0 bridgehead atoms. The van der Waals surface area contributed by atoms with Gasteiger partial charge in [0.05, 0.1) is 0 Å². The molecule has 38 heavy (non-hydrogen) atoms. The highest BCUT2D eigenvalue weighted by Gasteiger charge is 2.82. The van der Waals surface area contributed by atoms with Gasteiger partial charge in [-0.3, -0.25) is 9.59 Å².